The van der Waals surface area contributed by atoms with E-state index in [4.69, 9.17) is 5.41 Å². The van der Waals surface area contributed by atoms with Crippen molar-refractivity contribution < 1.29 is 9.59 Å². The van der Waals surface area contributed by atoms with Gasteiger partial charge in [0.2, 0.25) is 6.41 Å². The number of allylic oxidation sites excluding steroid dienone is 1. The van der Waals surface area contributed by atoms with Crippen LogP contribution in [0.5, 0.6) is 0 Å². The van der Waals surface area contributed by atoms with Crippen molar-refractivity contribution in [2.24, 2.45) is 0 Å². The van der Waals surface area contributed by atoms with Crippen LogP contribution in [0.15, 0.2) is 11.8 Å². The molecule has 0 rings (SSSR count). The van der Waals surface area contributed by atoms with Gasteiger partial charge < -0.3 is 16.0 Å². The smallest absolute Gasteiger partial charge is 0.207 e. The highest BCUT2D eigenvalue weighted by molar-refractivity contribution is 6.03. The molecule has 0 aliphatic carbocycles. The Bertz CT molecular complexity index is 246. The second-order valence-electron chi connectivity index (χ2n) is 2.41. The second kappa shape index (κ2) is 5.93. The van der Waals surface area contributed by atoms with Gasteiger partial charge in [-0.3, -0.25) is 9.59 Å². The van der Waals surface area contributed by atoms with Crippen LogP contribution in [0.25, 0.3) is 0 Å². The molecule has 0 aliphatic heterocycles. The van der Waals surface area contributed by atoms with E-state index in [9.17, 15) is 9.59 Å². The molecule has 1 amide bonds. The third kappa shape index (κ3) is 4.73. The molecule has 0 bridgehead atoms. The molecule has 0 aromatic heterocycles. The van der Waals surface area contributed by atoms with Gasteiger partial charge in [0.15, 0.2) is 5.78 Å². The Balaban J connectivity index is 4.31. The summed E-state index contributed by atoms with van der Waals surface area (Å²) in [6.45, 7) is 1.52. The lowest BCUT2D eigenvalue weighted by Gasteiger charge is -2.04. The molecule has 0 aromatic carbocycles. The molecule has 0 saturated heterocycles. The third-order valence-corrected chi connectivity index (χ3v) is 1.28. The van der Waals surface area contributed by atoms with Crippen molar-refractivity contribution in [1.29, 1.82) is 5.41 Å². The summed E-state index contributed by atoms with van der Waals surface area (Å²) in [6.07, 6.45) is 1.87. The molecule has 0 aromatic rings. The molecule has 0 unspecified atom stereocenters. The number of nitrogens with one attached hydrogen (secondary N) is 3. The normalized spacial score (nSPS) is 10.5. The highest BCUT2D eigenvalue weighted by Crippen LogP contribution is 1.90. The van der Waals surface area contributed by atoms with Gasteiger partial charge in [-0.15, -0.1) is 0 Å². The summed E-state index contributed by atoms with van der Waals surface area (Å²) >= 11 is 0. The van der Waals surface area contributed by atoms with Gasteiger partial charge in [-0.05, 0) is 13.0 Å². The van der Waals surface area contributed by atoms with Gasteiger partial charge in [-0.25, -0.2) is 0 Å². The van der Waals surface area contributed by atoms with E-state index in [0.29, 0.717) is 12.1 Å². The van der Waals surface area contributed by atoms with Crippen LogP contribution >= 0.6 is 0 Å². The average Bonchev–Trinajstić information content (AvgIpc) is 2.09. The van der Waals surface area contributed by atoms with Gasteiger partial charge in [0.05, 0.1) is 12.2 Å². The van der Waals surface area contributed by atoms with Crippen molar-refractivity contribution in [3.05, 3.63) is 11.8 Å². The average molecular weight is 183 g/mol. The molecule has 13 heavy (non-hydrogen) atoms. The molecule has 0 fully saturated rings. The number of amides is 1. The summed E-state index contributed by atoms with van der Waals surface area (Å²) in [6, 6.07) is 0. The molecular weight excluding hydrogens is 170 g/mol. The van der Waals surface area contributed by atoms with E-state index in [1.807, 2.05) is 0 Å². The zero-order valence-corrected chi connectivity index (χ0v) is 7.68. The molecule has 0 spiro atoms. The van der Waals surface area contributed by atoms with E-state index in [2.05, 4.69) is 10.6 Å². The first kappa shape index (κ1) is 11.4. The van der Waals surface area contributed by atoms with Gasteiger partial charge in [-0.1, -0.05) is 0 Å². The molecular formula is C8H13N3O2. The zero-order valence-electron chi connectivity index (χ0n) is 7.68. The summed E-state index contributed by atoms with van der Waals surface area (Å²) < 4.78 is 0. The Labute approximate surface area is 76.7 Å². The van der Waals surface area contributed by atoms with E-state index in [1.165, 1.54) is 6.08 Å². The van der Waals surface area contributed by atoms with E-state index in [-0.39, 0.29) is 18.0 Å². The SMILES string of the molecule is CN/C(=C\C(C)=N)C(=O)CNC=O. The predicted molar refractivity (Wildman–Crippen MR) is 49.6 cm³/mol. The van der Waals surface area contributed by atoms with Crippen molar-refractivity contribution in [2.45, 2.75) is 6.92 Å². The van der Waals surface area contributed by atoms with Crippen molar-refractivity contribution in [3.8, 4) is 0 Å². The van der Waals surface area contributed by atoms with Crippen LogP contribution in [-0.4, -0.2) is 31.5 Å². The quantitative estimate of drug-likeness (QED) is 0.293. The molecule has 5 heteroatoms. The number of likely N-dealkylation sites (N-methyl/N-ethyl adjacent to an activating group) is 1. The molecule has 0 heterocycles. The Morgan fingerprint density at radius 3 is 2.54 bits per heavy atom. The fourth-order valence-electron chi connectivity index (χ4n) is 0.738. The minimum Gasteiger partial charge on any atom is -0.385 e. The van der Waals surface area contributed by atoms with Crippen molar-refractivity contribution in [2.75, 3.05) is 13.6 Å². The summed E-state index contributed by atoms with van der Waals surface area (Å²) in [5, 5.41) is 12.1. The first-order valence-corrected chi connectivity index (χ1v) is 3.76. The lowest BCUT2D eigenvalue weighted by molar-refractivity contribution is -0.117. The zero-order chi connectivity index (χ0) is 10.3. The highest BCUT2D eigenvalue weighted by Gasteiger charge is 2.06. The number of ketones is 1. The van der Waals surface area contributed by atoms with Crippen molar-refractivity contribution in [1.82, 2.24) is 10.6 Å². The number of rotatable bonds is 6. The Kier molecular flexibility index (Phi) is 5.18. The van der Waals surface area contributed by atoms with Gasteiger partial charge in [0.1, 0.15) is 0 Å². The number of hydrogen-bond acceptors (Lipinski definition) is 4. The molecule has 0 aliphatic rings. The Morgan fingerprint density at radius 2 is 2.15 bits per heavy atom. The summed E-state index contributed by atoms with van der Waals surface area (Å²) in [7, 11) is 1.59. The number of Topliss-reactive ketones (excluding diaryl/α,β-unsaturated/α-hetero) is 1. The van der Waals surface area contributed by atoms with E-state index in [1.54, 1.807) is 14.0 Å². The van der Waals surface area contributed by atoms with E-state index < -0.39 is 0 Å². The van der Waals surface area contributed by atoms with Crippen molar-refractivity contribution >= 4 is 17.9 Å². The first-order valence-electron chi connectivity index (χ1n) is 3.76. The maximum absolute atomic E-state index is 11.2. The summed E-state index contributed by atoms with van der Waals surface area (Å²) in [4.78, 5) is 21.1. The standard InChI is InChI=1S/C8H13N3O2/c1-6(9)3-7(10-2)8(13)4-11-5-12/h3,5,9-10H,4H2,1-2H3,(H,11,12)/b7-3-,9-6?. The lowest BCUT2D eigenvalue weighted by atomic mass is 10.2. The minimum atomic E-state index is -0.249. The van der Waals surface area contributed by atoms with Crippen LogP contribution in [0.2, 0.25) is 0 Å². The van der Waals surface area contributed by atoms with Gasteiger partial charge in [-0.2, -0.15) is 0 Å². The van der Waals surface area contributed by atoms with Crippen LogP contribution in [0.3, 0.4) is 0 Å². The molecule has 0 radical (unpaired) electrons. The van der Waals surface area contributed by atoms with Crippen LogP contribution in [0.1, 0.15) is 6.92 Å². The molecule has 5 nitrogen and oxygen atoms in total. The topological polar surface area (TPSA) is 82.1 Å². The maximum Gasteiger partial charge on any atom is 0.207 e. The summed E-state index contributed by atoms with van der Waals surface area (Å²) in [5.74, 6) is -0.249. The highest BCUT2D eigenvalue weighted by atomic mass is 16.1. The van der Waals surface area contributed by atoms with Gasteiger partial charge in [0.25, 0.3) is 0 Å². The molecule has 0 saturated carbocycles. The van der Waals surface area contributed by atoms with Crippen LogP contribution in [0.4, 0.5) is 0 Å². The largest absolute Gasteiger partial charge is 0.385 e. The second-order valence-corrected chi connectivity index (χ2v) is 2.41. The monoisotopic (exact) mass is 183 g/mol. The van der Waals surface area contributed by atoms with Gasteiger partial charge in [0, 0.05) is 12.8 Å². The minimum absolute atomic E-state index is 0.0521. The van der Waals surface area contributed by atoms with Gasteiger partial charge >= 0.3 is 0 Å². The van der Waals surface area contributed by atoms with E-state index >= 15 is 0 Å². The summed E-state index contributed by atoms with van der Waals surface area (Å²) in [5.41, 5.74) is 0.602. The van der Waals surface area contributed by atoms with E-state index in [0.717, 1.165) is 0 Å². The maximum atomic E-state index is 11.2. The molecule has 72 valence electrons. The van der Waals surface area contributed by atoms with Crippen LogP contribution < -0.4 is 10.6 Å². The van der Waals surface area contributed by atoms with Crippen molar-refractivity contribution in [3.63, 3.8) is 0 Å². The number of carbonyl (C=O) groups excluding carboxylic acids is 2. The Morgan fingerprint density at radius 1 is 1.54 bits per heavy atom. The lowest BCUT2D eigenvalue weighted by Crippen LogP contribution is -2.27. The first-order chi connectivity index (χ1) is 6.11. The predicted octanol–water partition coefficient (Wildman–Crippen LogP) is -0.556. The Hall–Kier alpha value is -1.65. The fraction of sp³-hybridized carbons (Fsp3) is 0.375. The van der Waals surface area contributed by atoms with Crippen LogP contribution in [0, 0.1) is 5.41 Å². The number of carbonyl (C=O) groups is 2. The molecule has 3 N–H and O–H groups in total. The molecule has 0 atom stereocenters. The van der Waals surface area contributed by atoms with Crippen LogP contribution in [-0.2, 0) is 9.59 Å². The number of hydrogen-bond donors (Lipinski definition) is 3. The third-order valence-electron chi connectivity index (χ3n) is 1.28. The fourth-order valence-corrected chi connectivity index (χ4v) is 0.738.